The maximum absolute atomic E-state index is 13.4. The van der Waals surface area contributed by atoms with E-state index in [1.807, 2.05) is 36.0 Å². The van der Waals surface area contributed by atoms with Gasteiger partial charge in [-0.2, -0.15) is 4.98 Å². The zero-order valence-corrected chi connectivity index (χ0v) is 35.2. The zero-order chi connectivity index (χ0) is 43.8. The number of hydrogen-bond acceptors (Lipinski definition) is 12. The molecule has 4 heterocycles. The van der Waals surface area contributed by atoms with Crippen molar-refractivity contribution in [3.8, 4) is 0 Å². The van der Waals surface area contributed by atoms with Crippen LogP contribution in [0.4, 0.5) is 10.7 Å². The third-order valence-electron chi connectivity index (χ3n) is 10.9. The van der Waals surface area contributed by atoms with Gasteiger partial charge < -0.3 is 30.5 Å². The first-order chi connectivity index (χ1) is 29.2. The first kappa shape index (κ1) is 44.1. The number of nitrogens with one attached hydrogen (secondary N) is 4. The second kappa shape index (κ2) is 19.8. The predicted molar refractivity (Wildman–Crippen MR) is 229 cm³/mol. The highest BCUT2D eigenvalue weighted by Gasteiger charge is 2.46. The van der Waals surface area contributed by atoms with Crippen molar-refractivity contribution in [2.75, 3.05) is 37.0 Å². The maximum Gasteiger partial charge on any atom is 0.326 e. The largest absolute Gasteiger partial charge is 0.480 e. The smallest absolute Gasteiger partial charge is 0.326 e. The van der Waals surface area contributed by atoms with Gasteiger partial charge in [0.1, 0.15) is 17.9 Å². The molecule has 61 heavy (non-hydrogen) atoms. The minimum Gasteiger partial charge on any atom is -0.480 e. The van der Waals surface area contributed by atoms with Crippen molar-refractivity contribution < 1.29 is 38.7 Å². The molecule has 6 amide bonds. The Morgan fingerprint density at radius 1 is 0.951 bits per heavy atom. The average molecular weight is 855 g/mol. The number of nitrogens with zero attached hydrogens (tertiary/aromatic N) is 4. The van der Waals surface area contributed by atoms with E-state index < -0.39 is 47.6 Å². The minimum absolute atomic E-state index is 0.0574. The van der Waals surface area contributed by atoms with E-state index in [-0.39, 0.29) is 48.3 Å². The Morgan fingerprint density at radius 3 is 2.46 bits per heavy atom. The zero-order valence-electron chi connectivity index (χ0n) is 34.4. The number of imide groups is 2. The minimum atomic E-state index is -1.24. The summed E-state index contributed by atoms with van der Waals surface area (Å²) in [5.41, 5.74) is 2.40. The van der Waals surface area contributed by atoms with Gasteiger partial charge in [0.15, 0.2) is 0 Å². The number of carboxylic acid groups (broad SMARTS) is 1. The van der Waals surface area contributed by atoms with Gasteiger partial charge >= 0.3 is 5.97 Å². The number of benzene rings is 2. The summed E-state index contributed by atoms with van der Waals surface area (Å²) < 4.78 is 0. The molecule has 17 nitrogen and oxygen atoms in total. The number of thiophene rings is 1. The van der Waals surface area contributed by atoms with E-state index in [1.54, 1.807) is 43.3 Å². The fourth-order valence-electron chi connectivity index (χ4n) is 7.61. The van der Waals surface area contributed by atoms with Gasteiger partial charge in [-0.3, -0.25) is 43.8 Å². The summed E-state index contributed by atoms with van der Waals surface area (Å²) in [5.74, 6) is -3.67. The number of H-pyrrole nitrogens is 1. The molecule has 4 aromatic rings. The number of carbonyl (C=O) groups is 7. The molecule has 0 spiro atoms. The third-order valence-corrected chi connectivity index (χ3v) is 12.1. The van der Waals surface area contributed by atoms with Crippen molar-refractivity contribution in [1.82, 2.24) is 30.8 Å². The lowest BCUT2D eigenvalue weighted by Crippen LogP contribution is -2.54. The van der Waals surface area contributed by atoms with E-state index in [9.17, 15) is 43.5 Å². The number of piperidine rings is 1. The molecule has 2 aliphatic rings. The molecule has 2 aliphatic heterocycles. The van der Waals surface area contributed by atoms with Gasteiger partial charge in [-0.1, -0.05) is 37.8 Å². The molecule has 322 valence electrons. The number of anilines is 2. The van der Waals surface area contributed by atoms with Gasteiger partial charge in [0.05, 0.1) is 37.6 Å². The number of hydrogen-bond donors (Lipinski definition) is 5. The molecule has 18 heteroatoms. The van der Waals surface area contributed by atoms with Crippen molar-refractivity contribution >= 4 is 74.3 Å². The van der Waals surface area contributed by atoms with Crippen molar-refractivity contribution in [2.24, 2.45) is 0 Å². The van der Waals surface area contributed by atoms with Crippen LogP contribution in [0.25, 0.3) is 10.9 Å². The summed E-state index contributed by atoms with van der Waals surface area (Å²) in [6.45, 7) is 3.28. The molecular weight excluding hydrogens is 805 g/mol. The van der Waals surface area contributed by atoms with E-state index in [4.69, 9.17) is 0 Å². The lowest BCUT2D eigenvalue weighted by Gasteiger charge is -2.28. The average Bonchev–Trinajstić information content (AvgIpc) is 3.82. The number of carbonyl (C=O) groups excluding carboxylic acids is 6. The highest BCUT2D eigenvalue weighted by molar-refractivity contribution is 7.18. The SMILES string of the molecule is Cc1nc(=O)c2cc(CN(C)c3ccc(C(=O)N[C@H](CCC(=O)NCCCCCCCCN(C)c4cccc5c4C(=O)N(C4CCC(=O)NC4=O)C5=O)C(=O)O)s3)ccc2[nH]1. The fraction of sp³-hybridized carbons (Fsp3) is 0.419. The van der Waals surface area contributed by atoms with E-state index in [0.29, 0.717) is 46.9 Å². The van der Waals surface area contributed by atoms with Crippen LogP contribution in [-0.2, 0) is 25.7 Å². The second-order valence-corrected chi connectivity index (χ2v) is 16.5. The van der Waals surface area contributed by atoms with Gasteiger partial charge in [-0.25, -0.2) is 4.79 Å². The molecule has 0 bridgehead atoms. The normalized spacial score (nSPS) is 15.4. The van der Waals surface area contributed by atoms with Gasteiger partial charge in [-0.15, -0.1) is 11.3 Å². The number of aromatic amines is 1. The predicted octanol–water partition coefficient (Wildman–Crippen LogP) is 3.89. The monoisotopic (exact) mass is 854 g/mol. The van der Waals surface area contributed by atoms with E-state index in [2.05, 4.69) is 25.9 Å². The van der Waals surface area contributed by atoms with E-state index in [1.165, 1.54) is 11.3 Å². The fourth-order valence-corrected chi connectivity index (χ4v) is 8.48. The molecule has 0 radical (unpaired) electrons. The lowest BCUT2D eigenvalue weighted by molar-refractivity contribution is -0.140. The molecule has 1 fully saturated rings. The molecule has 1 saturated heterocycles. The number of rotatable bonds is 20. The number of amides is 6. The lowest BCUT2D eigenvalue weighted by atomic mass is 10.0. The van der Waals surface area contributed by atoms with Crippen molar-refractivity contribution in [3.63, 3.8) is 0 Å². The van der Waals surface area contributed by atoms with Crippen molar-refractivity contribution in [2.45, 2.75) is 89.8 Å². The number of aryl methyl sites for hydroxylation is 1. The summed E-state index contributed by atoms with van der Waals surface area (Å²) in [4.78, 5) is 113. The van der Waals surface area contributed by atoms with Crippen molar-refractivity contribution in [3.05, 3.63) is 86.3 Å². The quantitative estimate of drug-likeness (QED) is 0.0630. The highest BCUT2D eigenvalue weighted by atomic mass is 32.1. The number of unbranched alkanes of at least 4 members (excludes halogenated alkanes) is 5. The van der Waals surface area contributed by atoms with Crippen LogP contribution in [0.1, 0.15) is 106 Å². The first-order valence-corrected chi connectivity index (χ1v) is 21.2. The molecule has 2 atom stereocenters. The molecule has 6 rings (SSSR count). The molecule has 2 aromatic heterocycles. The Kier molecular flexibility index (Phi) is 14.3. The number of carboxylic acids is 1. The topological polar surface area (TPSA) is 231 Å². The Labute approximate surface area is 355 Å². The highest BCUT2D eigenvalue weighted by Crippen LogP contribution is 2.34. The summed E-state index contributed by atoms with van der Waals surface area (Å²) >= 11 is 1.20. The van der Waals surface area contributed by atoms with Gasteiger partial charge in [0.2, 0.25) is 17.7 Å². The Hall–Kier alpha value is -6.43. The second-order valence-electron chi connectivity index (χ2n) is 15.4. The van der Waals surface area contributed by atoms with Crippen LogP contribution in [0, 0.1) is 6.92 Å². The molecule has 2 aromatic carbocycles. The first-order valence-electron chi connectivity index (χ1n) is 20.4. The van der Waals surface area contributed by atoms with Crippen LogP contribution in [0.5, 0.6) is 0 Å². The summed E-state index contributed by atoms with van der Waals surface area (Å²) in [6, 6.07) is 11.7. The Balaban J connectivity index is 0.854. The van der Waals surface area contributed by atoms with Crippen LogP contribution in [0.3, 0.4) is 0 Å². The number of aliphatic carboxylic acids is 1. The molecular formula is C43H50N8O9S. The molecule has 5 N–H and O–H groups in total. The molecule has 0 saturated carbocycles. The van der Waals surface area contributed by atoms with Crippen LogP contribution < -0.4 is 31.3 Å². The van der Waals surface area contributed by atoms with Gasteiger partial charge in [-0.05, 0) is 74.6 Å². The van der Waals surface area contributed by atoms with Gasteiger partial charge in [0.25, 0.3) is 23.3 Å². The van der Waals surface area contributed by atoms with Crippen LogP contribution >= 0.6 is 11.3 Å². The Bertz CT molecular complexity index is 2410. The van der Waals surface area contributed by atoms with Crippen LogP contribution in [0.2, 0.25) is 0 Å². The standard InChI is InChI=1S/C43H50N8O9S/c1-25-45-29-14-13-26(23-28(29)38(54)46-25)24-50(3)36-20-17-33(61-36)40(56)47-30(43(59)60)15-18-34(52)44-21-8-6-4-5-7-9-22-49(2)31-12-10-11-27-37(31)42(58)51(41(27)57)32-16-19-35(53)48-39(32)55/h10-14,17,20,23,30,32H,4-9,15-16,18-19,21-22,24H2,1-3H3,(H,44,52)(H,47,56)(H,59,60)(H,45,46,54)(H,48,53,55)/t30-,32?/m1/s1. The van der Waals surface area contributed by atoms with E-state index >= 15 is 0 Å². The number of fused-ring (bicyclic) bond motifs is 2. The van der Waals surface area contributed by atoms with E-state index in [0.717, 1.165) is 54.0 Å². The summed E-state index contributed by atoms with van der Waals surface area (Å²) in [7, 11) is 3.71. The van der Waals surface area contributed by atoms with Crippen molar-refractivity contribution in [1.29, 1.82) is 0 Å². The Morgan fingerprint density at radius 2 is 1.70 bits per heavy atom. The molecule has 0 aliphatic carbocycles. The summed E-state index contributed by atoms with van der Waals surface area (Å²) in [5, 5.41) is 18.6. The summed E-state index contributed by atoms with van der Waals surface area (Å²) in [6.07, 6.45) is 5.35. The third kappa shape index (κ3) is 10.7. The number of aromatic nitrogens is 2. The van der Waals surface area contributed by atoms with Gasteiger partial charge in [0, 0.05) is 46.6 Å². The van der Waals surface area contributed by atoms with Crippen LogP contribution in [0.15, 0.2) is 53.3 Å². The van der Waals surface area contributed by atoms with Crippen LogP contribution in [-0.4, -0.2) is 101 Å². The maximum atomic E-state index is 13.4. The molecule has 1 unspecified atom stereocenters.